The predicted octanol–water partition coefficient (Wildman–Crippen LogP) is 1.51. The molecule has 0 aromatic carbocycles. The fourth-order valence-electron chi connectivity index (χ4n) is 1.49. The molecule has 1 saturated heterocycles. The van der Waals surface area contributed by atoms with Gasteiger partial charge in [0.05, 0.1) is 6.61 Å². The second kappa shape index (κ2) is 5.03. The fourth-order valence-corrected chi connectivity index (χ4v) is 1.49. The Morgan fingerprint density at radius 1 is 1.53 bits per heavy atom. The maximum Gasteiger partial charge on any atom is 0.406 e. The van der Waals surface area contributed by atoms with Crippen molar-refractivity contribution in [2.75, 3.05) is 19.7 Å². The van der Waals surface area contributed by atoms with Crippen molar-refractivity contribution >= 4 is 18.4 Å². The fraction of sp³-hybridized carbons (Fsp3) is 0.875. The summed E-state index contributed by atoms with van der Waals surface area (Å²) in [5.74, 6) is -1.17. The summed E-state index contributed by atoms with van der Waals surface area (Å²) >= 11 is 0. The Balaban J connectivity index is 0.00000196. The SMILES string of the molecule is CCOC(=O)C1(C(F)(F)F)CCNC1.Cl. The van der Waals surface area contributed by atoms with E-state index in [-0.39, 0.29) is 38.5 Å². The first-order chi connectivity index (χ1) is 6.44. The van der Waals surface area contributed by atoms with Crippen LogP contribution in [-0.4, -0.2) is 31.8 Å². The van der Waals surface area contributed by atoms with Crippen molar-refractivity contribution in [3.05, 3.63) is 0 Å². The van der Waals surface area contributed by atoms with E-state index < -0.39 is 17.6 Å². The van der Waals surface area contributed by atoms with Crippen molar-refractivity contribution in [2.45, 2.75) is 19.5 Å². The molecule has 0 aliphatic carbocycles. The summed E-state index contributed by atoms with van der Waals surface area (Å²) in [6.07, 6.45) is -4.78. The molecule has 1 N–H and O–H groups in total. The third-order valence-corrected chi connectivity index (χ3v) is 2.36. The molecule has 1 aliphatic heterocycles. The molecule has 1 heterocycles. The van der Waals surface area contributed by atoms with Gasteiger partial charge in [-0.25, -0.2) is 0 Å². The molecule has 7 heteroatoms. The Bertz CT molecular complexity index is 226. The van der Waals surface area contributed by atoms with E-state index in [4.69, 9.17) is 0 Å². The van der Waals surface area contributed by atoms with E-state index in [9.17, 15) is 18.0 Å². The summed E-state index contributed by atoms with van der Waals surface area (Å²) in [5.41, 5.74) is -2.33. The average Bonchev–Trinajstić information content (AvgIpc) is 2.51. The predicted molar refractivity (Wildman–Crippen MR) is 49.9 cm³/mol. The van der Waals surface area contributed by atoms with Crippen LogP contribution < -0.4 is 5.32 Å². The number of rotatable bonds is 2. The van der Waals surface area contributed by atoms with Crippen molar-refractivity contribution in [3.8, 4) is 0 Å². The van der Waals surface area contributed by atoms with E-state index in [1.807, 2.05) is 0 Å². The van der Waals surface area contributed by atoms with E-state index in [1.54, 1.807) is 0 Å². The minimum atomic E-state index is -4.54. The van der Waals surface area contributed by atoms with E-state index in [0.29, 0.717) is 0 Å². The van der Waals surface area contributed by atoms with Gasteiger partial charge in [-0.15, -0.1) is 12.4 Å². The van der Waals surface area contributed by atoms with Crippen LogP contribution in [-0.2, 0) is 9.53 Å². The second-order valence-electron chi connectivity index (χ2n) is 3.23. The second-order valence-corrected chi connectivity index (χ2v) is 3.23. The largest absolute Gasteiger partial charge is 0.465 e. The van der Waals surface area contributed by atoms with Gasteiger partial charge in [0.1, 0.15) is 0 Å². The van der Waals surface area contributed by atoms with Crippen molar-refractivity contribution in [2.24, 2.45) is 5.41 Å². The molecule has 15 heavy (non-hydrogen) atoms. The Labute approximate surface area is 91.8 Å². The lowest BCUT2D eigenvalue weighted by atomic mass is 9.86. The van der Waals surface area contributed by atoms with Crippen LogP contribution in [0, 0.1) is 5.41 Å². The van der Waals surface area contributed by atoms with Crippen molar-refractivity contribution < 1.29 is 22.7 Å². The molecule has 1 rings (SSSR count). The molecule has 1 aliphatic rings. The zero-order chi connectivity index (χ0) is 10.8. The van der Waals surface area contributed by atoms with Gasteiger partial charge in [0.2, 0.25) is 0 Å². The molecule has 0 aromatic heterocycles. The lowest BCUT2D eigenvalue weighted by Gasteiger charge is -2.27. The van der Waals surface area contributed by atoms with Gasteiger partial charge in [-0.3, -0.25) is 4.79 Å². The molecule has 1 atom stereocenters. The first-order valence-electron chi connectivity index (χ1n) is 4.39. The van der Waals surface area contributed by atoms with Gasteiger partial charge >= 0.3 is 12.1 Å². The Morgan fingerprint density at radius 2 is 2.13 bits per heavy atom. The molecule has 0 spiro atoms. The van der Waals surface area contributed by atoms with Gasteiger partial charge in [-0.05, 0) is 19.9 Å². The van der Waals surface area contributed by atoms with Gasteiger partial charge in [-0.2, -0.15) is 13.2 Å². The van der Waals surface area contributed by atoms with Crippen LogP contribution in [0.15, 0.2) is 0 Å². The van der Waals surface area contributed by atoms with Gasteiger partial charge in [0, 0.05) is 6.54 Å². The van der Waals surface area contributed by atoms with Crippen LogP contribution >= 0.6 is 12.4 Å². The van der Waals surface area contributed by atoms with Gasteiger partial charge < -0.3 is 10.1 Å². The molecule has 1 unspecified atom stereocenters. The first kappa shape index (κ1) is 14.5. The van der Waals surface area contributed by atoms with Crippen LogP contribution in [0.3, 0.4) is 0 Å². The number of nitrogens with one attached hydrogen (secondary N) is 1. The number of alkyl halides is 3. The molecule has 1 fully saturated rings. The highest BCUT2D eigenvalue weighted by molar-refractivity contribution is 5.85. The molecule has 0 aromatic rings. The number of halogens is 4. The van der Waals surface area contributed by atoms with Crippen LogP contribution in [0.2, 0.25) is 0 Å². The summed E-state index contributed by atoms with van der Waals surface area (Å²) in [7, 11) is 0. The summed E-state index contributed by atoms with van der Waals surface area (Å²) < 4.78 is 42.4. The molecular weight excluding hydrogens is 235 g/mol. The van der Waals surface area contributed by atoms with Crippen LogP contribution in [0.1, 0.15) is 13.3 Å². The monoisotopic (exact) mass is 247 g/mol. The van der Waals surface area contributed by atoms with Crippen molar-refractivity contribution in [1.82, 2.24) is 5.32 Å². The molecule has 0 amide bonds. The summed E-state index contributed by atoms with van der Waals surface area (Å²) in [5, 5.41) is 2.54. The zero-order valence-corrected chi connectivity index (χ0v) is 9.00. The topological polar surface area (TPSA) is 38.3 Å². The molecule has 0 bridgehead atoms. The number of ether oxygens (including phenoxy) is 1. The van der Waals surface area contributed by atoms with Gasteiger partial charge in [0.25, 0.3) is 0 Å². The summed E-state index contributed by atoms with van der Waals surface area (Å²) in [4.78, 5) is 11.2. The number of carbonyl (C=O) groups is 1. The number of carbonyl (C=O) groups excluding carboxylic acids is 1. The van der Waals surface area contributed by atoms with Crippen molar-refractivity contribution in [3.63, 3.8) is 0 Å². The van der Waals surface area contributed by atoms with Gasteiger partial charge in [-0.1, -0.05) is 0 Å². The molecule has 0 saturated carbocycles. The standard InChI is InChI=1S/C8H12F3NO2.ClH/c1-2-14-6(13)7(8(9,10)11)3-4-12-5-7;/h12H,2-5H2,1H3;1H. The van der Waals surface area contributed by atoms with E-state index in [2.05, 4.69) is 10.1 Å². The summed E-state index contributed by atoms with van der Waals surface area (Å²) in [6.45, 7) is 1.27. The van der Waals surface area contributed by atoms with E-state index in [1.165, 1.54) is 6.92 Å². The third-order valence-electron chi connectivity index (χ3n) is 2.36. The third kappa shape index (κ3) is 2.55. The zero-order valence-electron chi connectivity index (χ0n) is 8.19. The minimum absolute atomic E-state index is 0. The number of hydrogen-bond donors (Lipinski definition) is 1. The Hall–Kier alpha value is -0.490. The number of hydrogen-bond acceptors (Lipinski definition) is 3. The van der Waals surface area contributed by atoms with E-state index in [0.717, 1.165) is 0 Å². The Morgan fingerprint density at radius 3 is 2.47 bits per heavy atom. The highest BCUT2D eigenvalue weighted by atomic mass is 35.5. The lowest BCUT2D eigenvalue weighted by Crippen LogP contribution is -2.47. The van der Waals surface area contributed by atoms with Crippen molar-refractivity contribution in [1.29, 1.82) is 0 Å². The summed E-state index contributed by atoms with van der Waals surface area (Å²) in [6, 6.07) is 0. The maximum atomic E-state index is 12.6. The number of esters is 1. The lowest BCUT2D eigenvalue weighted by molar-refractivity contribution is -0.228. The van der Waals surface area contributed by atoms with Crippen LogP contribution in [0.4, 0.5) is 13.2 Å². The van der Waals surface area contributed by atoms with Crippen LogP contribution in [0.5, 0.6) is 0 Å². The molecular formula is C8H13ClF3NO2. The average molecular weight is 248 g/mol. The Kier molecular flexibility index (Phi) is 4.86. The minimum Gasteiger partial charge on any atom is -0.465 e. The quantitative estimate of drug-likeness (QED) is 0.752. The highest BCUT2D eigenvalue weighted by Crippen LogP contribution is 2.43. The molecule has 90 valence electrons. The van der Waals surface area contributed by atoms with E-state index >= 15 is 0 Å². The smallest absolute Gasteiger partial charge is 0.406 e. The highest BCUT2D eigenvalue weighted by Gasteiger charge is 2.62. The normalized spacial score (nSPS) is 25.9. The van der Waals surface area contributed by atoms with Gasteiger partial charge in [0.15, 0.2) is 5.41 Å². The molecule has 3 nitrogen and oxygen atoms in total. The maximum absolute atomic E-state index is 12.6. The van der Waals surface area contributed by atoms with Crippen LogP contribution in [0.25, 0.3) is 0 Å². The first-order valence-corrected chi connectivity index (χ1v) is 4.39. The molecule has 0 radical (unpaired) electrons.